The lowest BCUT2D eigenvalue weighted by Crippen LogP contribution is -2.10. The fourth-order valence-electron chi connectivity index (χ4n) is 8.84. The molecule has 0 atom stereocenters. The molecule has 0 amide bonds. The van der Waals surface area contributed by atoms with Gasteiger partial charge in [-0.05, 0) is 134 Å². The van der Waals surface area contributed by atoms with Crippen molar-refractivity contribution < 1.29 is 22.7 Å². The number of hydrogen-bond donors (Lipinski definition) is 2. The number of benzene rings is 6. The summed E-state index contributed by atoms with van der Waals surface area (Å²) in [6.07, 6.45) is 11.1. The molecular weight excluding hydrogens is 756 g/mol. The third kappa shape index (κ3) is 9.69. The molecule has 0 aliphatic carbocycles. The summed E-state index contributed by atoms with van der Waals surface area (Å²) >= 11 is 0. The summed E-state index contributed by atoms with van der Waals surface area (Å²) in [5.74, 6) is 0.0851. The zero-order chi connectivity index (χ0) is 41.4. The van der Waals surface area contributed by atoms with E-state index in [4.69, 9.17) is 4.52 Å². The summed E-state index contributed by atoms with van der Waals surface area (Å²) < 4.78 is 36.1. The number of rotatable bonds is 19. The SMILES string of the molecule is CCCc1cc(CCC)c2cc(-c3c(OP(O)O)ccc(S(=O)(=O)Cc4ccccc4)c3-c3cc4c(CCC)cc(CCC)cc4cc3CCC)c(CCC)cc2c1. The van der Waals surface area contributed by atoms with Crippen molar-refractivity contribution in [2.75, 3.05) is 0 Å². The van der Waals surface area contributed by atoms with Crippen LogP contribution in [0.15, 0.2) is 95.9 Å². The molecule has 2 N–H and O–H groups in total. The van der Waals surface area contributed by atoms with E-state index < -0.39 is 18.4 Å². The summed E-state index contributed by atoms with van der Waals surface area (Å²) in [6.45, 7) is 13.1. The van der Waals surface area contributed by atoms with E-state index in [1.165, 1.54) is 33.0 Å². The van der Waals surface area contributed by atoms with Crippen molar-refractivity contribution in [2.24, 2.45) is 0 Å². The van der Waals surface area contributed by atoms with Crippen molar-refractivity contribution in [3.8, 4) is 28.0 Å². The zero-order valence-electron chi connectivity index (χ0n) is 35.3. The van der Waals surface area contributed by atoms with Crippen LogP contribution in [0, 0.1) is 0 Å². The van der Waals surface area contributed by atoms with Gasteiger partial charge in [0.15, 0.2) is 9.84 Å². The molecule has 0 aliphatic heterocycles. The van der Waals surface area contributed by atoms with Crippen LogP contribution in [-0.2, 0) is 54.1 Å². The topological polar surface area (TPSA) is 83.8 Å². The molecule has 58 heavy (non-hydrogen) atoms. The second kappa shape index (κ2) is 19.8. The van der Waals surface area contributed by atoms with Crippen LogP contribution in [0.5, 0.6) is 5.75 Å². The quantitative estimate of drug-likeness (QED) is 0.0796. The lowest BCUT2D eigenvalue weighted by molar-refractivity contribution is 0.375. The third-order valence-electron chi connectivity index (χ3n) is 11.2. The Balaban J connectivity index is 1.82. The molecule has 0 saturated heterocycles. The van der Waals surface area contributed by atoms with Crippen molar-refractivity contribution in [3.63, 3.8) is 0 Å². The molecule has 0 radical (unpaired) electrons. The maximum Gasteiger partial charge on any atom is 0.391 e. The Kier molecular flexibility index (Phi) is 14.9. The molecular formula is C51H61O5PS. The molecule has 6 aromatic rings. The molecule has 6 aromatic carbocycles. The van der Waals surface area contributed by atoms with Gasteiger partial charge in [-0.3, -0.25) is 0 Å². The standard InChI is InChI=1S/C51H61O5PS/c1-7-16-36-26-38(18-9-3)44-32-46(40(20-11-5)30-42(44)28-36)50-48(56-57(52)53)24-25-49(58(54,55)34-35-22-14-13-15-23-35)51(50)47-33-45-39(19-10-4)27-37(17-8-2)29-43(45)31-41(47)21-12-6/h13-15,22-33,52-53H,7-12,16-21,34H2,1-6H3. The van der Waals surface area contributed by atoms with Crippen LogP contribution < -0.4 is 4.52 Å². The zero-order valence-corrected chi connectivity index (χ0v) is 37.0. The molecule has 6 rings (SSSR count). The van der Waals surface area contributed by atoms with E-state index in [2.05, 4.69) is 90.1 Å². The smallest absolute Gasteiger partial charge is 0.391 e. The van der Waals surface area contributed by atoms with Gasteiger partial charge >= 0.3 is 8.60 Å². The van der Waals surface area contributed by atoms with Crippen molar-refractivity contribution in [3.05, 3.63) is 130 Å². The highest BCUT2D eigenvalue weighted by Gasteiger charge is 2.30. The first-order chi connectivity index (χ1) is 28.0. The minimum absolute atomic E-state index is 0.175. The van der Waals surface area contributed by atoms with Gasteiger partial charge in [-0.2, -0.15) is 0 Å². The molecule has 0 unspecified atom stereocenters. The first kappa shape index (κ1) is 43.5. The normalized spacial score (nSPS) is 11.9. The van der Waals surface area contributed by atoms with Gasteiger partial charge in [-0.25, -0.2) is 8.42 Å². The first-order valence-electron chi connectivity index (χ1n) is 21.5. The van der Waals surface area contributed by atoms with E-state index in [1.54, 1.807) is 12.1 Å². The molecule has 0 aliphatic rings. The van der Waals surface area contributed by atoms with Crippen LogP contribution in [0.2, 0.25) is 0 Å². The minimum Gasteiger partial charge on any atom is -0.426 e. The number of aryl methyl sites for hydroxylation is 6. The molecule has 0 saturated carbocycles. The Morgan fingerprint density at radius 3 is 1.43 bits per heavy atom. The number of sulfone groups is 1. The highest BCUT2D eigenvalue weighted by atomic mass is 32.2. The van der Waals surface area contributed by atoms with Crippen LogP contribution in [0.3, 0.4) is 0 Å². The summed E-state index contributed by atoms with van der Waals surface area (Å²) in [5.41, 5.74) is 10.9. The van der Waals surface area contributed by atoms with Crippen LogP contribution in [0.1, 0.15) is 119 Å². The van der Waals surface area contributed by atoms with Crippen LogP contribution in [0.25, 0.3) is 43.8 Å². The maximum absolute atomic E-state index is 15.1. The Bertz CT molecular complexity index is 2470. The second-order valence-corrected chi connectivity index (χ2v) is 18.5. The number of fused-ring (bicyclic) bond motifs is 2. The third-order valence-corrected chi connectivity index (χ3v) is 13.3. The summed E-state index contributed by atoms with van der Waals surface area (Å²) in [6, 6.07) is 30.9. The van der Waals surface area contributed by atoms with Crippen molar-refractivity contribution in [1.29, 1.82) is 0 Å². The first-order valence-corrected chi connectivity index (χ1v) is 24.3. The fourth-order valence-corrected chi connectivity index (χ4v) is 10.8. The fraction of sp³-hybridized carbons (Fsp3) is 0.373. The van der Waals surface area contributed by atoms with Crippen molar-refractivity contribution in [2.45, 2.75) is 129 Å². The van der Waals surface area contributed by atoms with Gasteiger partial charge in [0.25, 0.3) is 0 Å². The van der Waals surface area contributed by atoms with Crippen LogP contribution in [-0.4, -0.2) is 18.2 Å². The summed E-state index contributed by atoms with van der Waals surface area (Å²) in [4.78, 5) is 21.3. The monoisotopic (exact) mass is 816 g/mol. The minimum atomic E-state index is -3.96. The van der Waals surface area contributed by atoms with Gasteiger partial charge in [-0.1, -0.05) is 147 Å². The predicted molar refractivity (Wildman–Crippen MR) is 246 cm³/mol. The van der Waals surface area contributed by atoms with Crippen LogP contribution in [0.4, 0.5) is 0 Å². The number of hydrogen-bond acceptors (Lipinski definition) is 5. The molecule has 7 heteroatoms. The molecule has 0 fully saturated rings. The molecule has 0 bridgehead atoms. The van der Waals surface area contributed by atoms with E-state index in [1.807, 2.05) is 30.3 Å². The highest BCUT2D eigenvalue weighted by Crippen LogP contribution is 2.50. The lowest BCUT2D eigenvalue weighted by Gasteiger charge is -2.25. The largest absolute Gasteiger partial charge is 0.426 e. The van der Waals surface area contributed by atoms with E-state index in [9.17, 15) is 9.79 Å². The van der Waals surface area contributed by atoms with Gasteiger partial charge in [0.2, 0.25) is 0 Å². The Labute approximate surface area is 348 Å². The van der Waals surface area contributed by atoms with Gasteiger partial charge < -0.3 is 14.3 Å². The Morgan fingerprint density at radius 2 is 0.966 bits per heavy atom. The highest BCUT2D eigenvalue weighted by molar-refractivity contribution is 7.90. The van der Waals surface area contributed by atoms with Gasteiger partial charge in [0.05, 0.1) is 10.6 Å². The van der Waals surface area contributed by atoms with Gasteiger partial charge in [0.1, 0.15) is 5.75 Å². The van der Waals surface area contributed by atoms with Crippen LogP contribution >= 0.6 is 8.60 Å². The molecule has 0 aromatic heterocycles. The molecule has 5 nitrogen and oxygen atoms in total. The lowest BCUT2D eigenvalue weighted by atomic mass is 9.83. The van der Waals surface area contributed by atoms with E-state index >= 15 is 8.42 Å². The Hall–Kier alpha value is -4.06. The van der Waals surface area contributed by atoms with Gasteiger partial charge in [0, 0.05) is 11.1 Å². The van der Waals surface area contributed by atoms with Crippen molar-refractivity contribution in [1.82, 2.24) is 0 Å². The average Bonchev–Trinajstić information content (AvgIpc) is 3.18. The van der Waals surface area contributed by atoms with E-state index in [0.29, 0.717) is 16.7 Å². The van der Waals surface area contributed by atoms with Gasteiger partial charge in [-0.15, -0.1) is 0 Å². The van der Waals surface area contributed by atoms with E-state index in [0.717, 1.165) is 110 Å². The molecule has 306 valence electrons. The van der Waals surface area contributed by atoms with E-state index in [-0.39, 0.29) is 16.4 Å². The molecule has 0 heterocycles. The maximum atomic E-state index is 15.1. The second-order valence-electron chi connectivity index (χ2n) is 15.9. The predicted octanol–water partition coefficient (Wildman–Crippen LogP) is 13.6. The average molecular weight is 817 g/mol. The Morgan fingerprint density at radius 1 is 0.500 bits per heavy atom. The molecule has 0 spiro atoms. The summed E-state index contributed by atoms with van der Waals surface area (Å²) in [7, 11) is -6.78. The van der Waals surface area contributed by atoms with Crippen molar-refractivity contribution >= 4 is 40.0 Å². The summed E-state index contributed by atoms with van der Waals surface area (Å²) in [5, 5.41) is 4.59.